The van der Waals surface area contributed by atoms with Gasteiger partial charge in [0.2, 0.25) is 0 Å². The zero-order valence-corrected chi connectivity index (χ0v) is 6.86. The highest BCUT2D eigenvalue weighted by Crippen LogP contribution is 2.16. The van der Waals surface area contributed by atoms with Crippen LogP contribution in [0.1, 0.15) is 11.1 Å². The Bertz CT molecular complexity index is 424. The van der Waals surface area contributed by atoms with E-state index in [1.807, 2.05) is 6.07 Å². The minimum atomic E-state index is 0.647. The lowest BCUT2D eigenvalue weighted by molar-refractivity contribution is 1.47. The van der Waals surface area contributed by atoms with Crippen molar-refractivity contribution in [2.45, 2.75) is 0 Å². The van der Waals surface area contributed by atoms with Crippen molar-refractivity contribution in [3.63, 3.8) is 0 Å². The molecule has 1 aliphatic heterocycles. The molecule has 0 atom stereocenters. The maximum Gasteiger partial charge on any atom is 0.0991 e. The fraction of sp³-hybridized carbons (Fsp3) is 0. The Labute approximate surface area is 76.0 Å². The van der Waals surface area contributed by atoms with Gasteiger partial charge in [0, 0.05) is 29.9 Å². The van der Waals surface area contributed by atoms with E-state index in [1.165, 1.54) is 0 Å². The van der Waals surface area contributed by atoms with Gasteiger partial charge in [0.15, 0.2) is 0 Å². The van der Waals surface area contributed by atoms with Gasteiger partial charge in [-0.15, -0.1) is 0 Å². The summed E-state index contributed by atoms with van der Waals surface area (Å²) in [4.78, 5) is 4.01. The first kappa shape index (κ1) is 7.56. The quantitative estimate of drug-likeness (QED) is 0.644. The second-order valence-corrected chi connectivity index (χ2v) is 2.65. The summed E-state index contributed by atoms with van der Waals surface area (Å²) < 4.78 is 0. The van der Waals surface area contributed by atoms with Gasteiger partial charge in [-0.3, -0.25) is 4.99 Å². The van der Waals surface area contributed by atoms with Crippen LogP contribution in [0.2, 0.25) is 0 Å². The molecule has 0 radical (unpaired) electrons. The molecule has 1 aromatic carbocycles. The van der Waals surface area contributed by atoms with E-state index in [4.69, 9.17) is 5.26 Å². The maximum absolute atomic E-state index is 8.68. The Kier molecular flexibility index (Phi) is 1.81. The molecule has 1 aromatic rings. The van der Waals surface area contributed by atoms with Gasteiger partial charge in [-0.1, -0.05) is 0 Å². The molecule has 0 amide bonds. The molecule has 0 bridgehead atoms. The summed E-state index contributed by atoms with van der Waals surface area (Å²) in [5, 5.41) is 11.7. The lowest BCUT2D eigenvalue weighted by Crippen LogP contribution is -1.92. The zero-order valence-electron chi connectivity index (χ0n) is 6.86. The fourth-order valence-electron chi connectivity index (χ4n) is 1.16. The van der Waals surface area contributed by atoms with E-state index < -0.39 is 0 Å². The number of nitrogens with zero attached hydrogens (tertiary/aromatic N) is 2. The molecule has 13 heavy (non-hydrogen) atoms. The Morgan fingerprint density at radius 2 is 2.31 bits per heavy atom. The van der Waals surface area contributed by atoms with Crippen LogP contribution in [0.3, 0.4) is 0 Å². The van der Waals surface area contributed by atoms with Crippen LogP contribution in [0.5, 0.6) is 0 Å². The molecule has 0 spiro atoms. The number of hydrogen-bond donors (Lipinski definition) is 1. The number of benzene rings is 1. The topological polar surface area (TPSA) is 48.2 Å². The van der Waals surface area contributed by atoms with E-state index >= 15 is 0 Å². The minimum absolute atomic E-state index is 0.647. The number of aliphatic imine (C=N–C) groups is 1. The van der Waals surface area contributed by atoms with Gasteiger partial charge in [-0.2, -0.15) is 5.26 Å². The van der Waals surface area contributed by atoms with Gasteiger partial charge >= 0.3 is 0 Å². The molecule has 0 aromatic heterocycles. The molecular formula is C10H7N3. The molecule has 1 N–H and O–H groups in total. The first-order valence-electron chi connectivity index (χ1n) is 3.89. The molecule has 3 nitrogen and oxygen atoms in total. The molecule has 2 rings (SSSR count). The van der Waals surface area contributed by atoms with Gasteiger partial charge in [0.25, 0.3) is 0 Å². The van der Waals surface area contributed by atoms with E-state index in [-0.39, 0.29) is 0 Å². The van der Waals surface area contributed by atoms with E-state index in [2.05, 4.69) is 16.4 Å². The summed E-state index contributed by atoms with van der Waals surface area (Å²) >= 11 is 0. The predicted octanol–water partition coefficient (Wildman–Crippen LogP) is 1.87. The first-order valence-corrected chi connectivity index (χ1v) is 3.89. The van der Waals surface area contributed by atoms with Crippen molar-refractivity contribution in [1.29, 1.82) is 5.26 Å². The van der Waals surface area contributed by atoms with Crippen molar-refractivity contribution in [3.8, 4) is 6.07 Å². The Hall–Kier alpha value is -2.08. The highest BCUT2D eigenvalue weighted by atomic mass is 14.9. The van der Waals surface area contributed by atoms with Gasteiger partial charge < -0.3 is 5.32 Å². The van der Waals surface area contributed by atoms with Gasteiger partial charge in [0.05, 0.1) is 11.6 Å². The summed E-state index contributed by atoms with van der Waals surface area (Å²) in [7, 11) is 0. The van der Waals surface area contributed by atoms with Crippen LogP contribution >= 0.6 is 0 Å². The molecule has 1 aliphatic rings. The summed E-state index contributed by atoms with van der Waals surface area (Å²) in [5.41, 5.74) is 2.55. The normalized spacial score (nSPS) is 12.5. The van der Waals surface area contributed by atoms with Crippen LogP contribution in [0.25, 0.3) is 0 Å². The Morgan fingerprint density at radius 3 is 3.15 bits per heavy atom. The Morgan fingerprint density at radius 1 is 1.38 bits per heavy atom. The molecule has 0 saturated carbocycles. The van der Waals surface area contributed by atoms with Gasteiger partial charge in [-0.25, -0.2) is 0 Å². The first-order chi connectivity index (χ1) is 6.40. The van der Waals surface area contributed by atoms with E-state index in [0.29, 0.717) is 5.56 Å². The molecule has 0 unspecified atom stereocenters. The molecule has 0 fully saturated rings. The van der Waals surface area contributed by atoms with Crippen LogP contribution < -0.4 is 5.32 Å². The smallest absolute Gasteiger partial charge is 0.0991 e. The average Bonchev–Trinajstić information content (AvgIpc) is 2.41. The number of nitriles is 1. The summed E-state index contributed by atoms with van der Waals surface area (Å²) in [6.07, 6.45) is 5.16. The van der Waals surface area contributed by atoms with E-state index in [1.54, 1.807) is 30.7 Å². The van der Waals surface area contributed by atoms with Crippen LogP contribution in [0, 0.1) is 11.3 Å². The third-order valence-electron chi connectivity index (χ3n) is 1.79. The second-order valence-electron chi connectivity index (χ2n) is 2.65. The summed E-state index contributed by atoms with van der Waals surface area (Å²) in [5.74, 6) is 0. The van der Waals surface area contributed by atoms with Crippen molar-refractivity contribution in [2.75, 3.05) is 5.32 Å². The van der Waals surface area contributed by atoms with Gasteiger partial charge in [0.1, 0.15) is 0 Å². The van der Waals surface area contributed by atoms with Gasteiger partial charge in [-0.05, 0) is 18.2 Å². The highest BCUT2D eigenvalue weighted by Gasteiger charge is 2.01. The van der Waals surface area contributed by atoms with Crippen LogP contribution in [-0.4, -0.2) is 6.21 Å². The average molecular weight is 169 g/mol. The second kappa shape index (κ2) is 3.11. The number of anilines is 1. The monoisotopic (exact) mass is 169 g/mol. The minimum Gasteiger partial charge on any atom is -0.360 e. The number of fused-ring (bicyclic) bond motifs is 1. The predicted molar refractivity (Wildman–Crippen MR) is 51.5 cm³/mol. The molecule has 0 aliphatic carbocycles. The lowest BCUT2D eigenvalue weighted by atomic mass is 10.1. The summed E-state index contributed by atoms with van der Waals surface area (Å²) in [6.45, 7) is 0. The van der Waals surface area contributed by atoms with Crippen molar-refractivity contribution >= 4 is 11.9 Å². The molecule has 1 heterocycles. The van der Waals surface area contributed by atoms with Crippen LogP contribution in [-0.2, 0) is 0 Å². The zero-order chi connectivity index (χ0) is 9.10. The lowest BCUT2D eigenvalue weighted by Gasteiger charge is -2.02. The number of rotatable bonds is 0. The third kappa shape index (κ3) is 1.42. The van der Waals surface area contributed by atoms with Crippen molar-refractivity contribution < 1.29 is 0 Å². The SMILES string of the molecule is N#Cc1ccc2c(c1)C=NC=CN2. The third-order valence-corrected chi connectivity index (χ3v) is 1.79. The van der Waals surface area contributed by atoms with Crippen molar-refractivity contribution in [1.82, 2.24) is 0 Å². The van der Waals surface area contributed by atoms with E-state index in [9.17, 15) is 0 Å². The number of nitrogens with one attached hydrogen (secondary N) is 1. The molecule has 62 valence electrons. The maximum atomic E-state index is 8.68. The molecule has 0 saturated heterocycles. The van der Waals surface area contributed by atoms with Crippen molar-refractivity contribution in [3.05, 3.63) is 41.7 Å². The van der Waals surface area contributed by atoms with E-state index in [0.717, 1.165) is 11.3 Å². The number of hydrogen-bond acceptors (Lipinski definition) is 3. The van der Waals surface area contributed by atoms with Crippen molar-refractivity contribution in [2.24, 2.45) is 4.99 Å². The fourth-order valence-corrected chi connectivity index (χ4v) is 1.16. The standard InChI is InChI=1S/C10H7N3/c11-6-8-1-2-10-9(5-8)7-12-3-4-13-10/h1-5,7,13H. The van der Waals surface area contributed by atoms with Crippen LogP contribution in [0.4, 0.5) is 5.69 Å². The summed E-state index contributed by atoms with van der Waals surface area (Å²) in [6, 6.07) is 7.54. The van der Waals surface area contributed by atoms with Crippen LogP contribution in [0.15, 0.2) is 35.6 Å². The molecular weight excluding hydrogens is 162 g/mol. The Balaban J connectivity index is 2.53. The molecule has 3 heteroatoms. The largest absolute Gasteiger partial charge is 0.360 e. The highest BCUT2D eigenvalue weighted by molar-refractivity contribution is 5.89.